The number of carboxylic acid groups (broad SMARTS) is 1. The zero-order valence-corrected chi connectivity index (χ0v) is 16.9. The molecule has 2 atom stereocenters. The van der Waals surface area contributed by atoms with Gasteiger partial charge in [0.05, 0.1) is 12.5 Å². The van der Waals surface area contributed by atoms with Crippen LogP contribution >= 0.6 is 0 Å². The van der Waals surface area contributed by atoms with E-state index in [0.29, 0.717) is 5.91 Å². The minimum atomic E-state index is -0.791. The summed E-state index contributed by atoms with van der Waals surface area (Å²) in [7, 11) is 1.87. The smallest absolute Gasteiger partial charge is 0.317 e. The molecular formula is C22H33N3O3. The van der Waals surface area contributed by atoms with Gasteiger partial charge in [0.25, 0.3) is 0 Å². The van der Waals surface area contributed by atoms with Gasteiger partial charge in [-0.25, -0.2) is 0 Å². The third-order valence-corrected chi connectivity index (χ3v) is 6.12. The van der Waals surface area contributed by atoms with Crippen molar-refractivity contribution in [1.29, 1.82) is 0 Å². The van der Waals surface area contributed by atoms with Crippen molar-refractivity contribution in [2.24, 2.45) is 5.92 Å². The summed E-state index contributed by atoms with van der Waals surface area (Å²) in [6.45, 7) is 4.41. The van der Waals surface area contributed by atoms with E-state index in [1.807, 2.05) is 22.9 Å². The van der Waals surface area contributed by atoms with Gasteiger partial charge in [0.2, 0.25) is 5.91 Å². The van der Waals surface area contributed by atoms with Crippen LogP contribution in [-0.2, 0) is 16.1 Å². The molecule has 28 heavy (non-hydrogen) atoms. The molecule has 0 aromatic heterocycles. The quantitative estimate of drug-likeness (QED) is 0.811. The summed E-state index contributed by atoms with van der Waals surface area (Å²) in [6, 6.07) is 10.7. The average Bonchev–Trinajstić information content (AvgIpc) is 2.94. The van der Waals surface area contributed by atoms with Crippen molar-refractivity contribution in [2.45, 2.75) is 44.7 Å². The maximum Gasteiger partial charge on any atom is 0.317 e. The Labute approximate surface area is 168 Å². The van der Waals surface area contributed by atoms with Crippen molar-refractivity contribution >= 4 is 11.9 Å². The molecule has 0 spiro atoms. The summed E-state index contributed by atoms with van der Waals surface area (Å²) in [5.41, 5.74) is 1.30. The lowest BCUT2D eigenvalue weighted by atomic mass is 9.96. The van der Waals surface area contributed by atoms with Crippen LogP contribution < -0.4 is 0 Å². The fraction of sp³-hybridized carbons (Fsp3) is 0.636. The van der Waals surface area contributed by atoms with E-state index >= 15 is 0 Å². The highest BCUT2D eigenvalue weighted by molar-refractivity contribution is 5.79. The number of rotatable bonds is 6. The van der Waals surface area contributed by atoms with Gasteiger partial charge in [-0.15, -0.1) is 0 Å². The second-order valence-corrected chi connectivity index (χ2v) is 8.28. The molecular weight excluding hydrogens is 354 g/mol. The number of amides is 1. The number of hydrogen-bond acceptors (Lipinski definition) is 4. The molecule has 1 N–H and O–H groups in total. The van der Waals surface area contributed by atoms with E-state index in [2.05, 4.69) is 29.2 Å². The molecule has 0 saturated carbocycles. The topological polar surface area (TPSA) is 64.1 Å². The molecule has 2 fully saturated rings. The third-order valence-electron chi connectivity index (χ3n) is 6.12. The number of carboxylic acids is 1. The second kappa shape index (κ2) is 10.0. The van der Waals surface area contributed by atoms with Crippen LogP contribution in [0.25, 0.3) is 0 Å². The minimum absolute atomic E-state index is 0.0652. The Balaban J connectivity index is 1.52. The van der Waals surface area contributed by atoms with Crippen LogP contribution in [-0.4, -0.2) is 77.5 Å². The molecule has 2 aliphatic heterocycles. The molecule has 154 valence electrons. The highest BCUT2D eigenvalue weighted by Crippen LogP contribution is 2.23. The molecule has 6 nitrogen and oxygen atoms in total. The number of likely N-dealkylation sites (N-methyl/N-ethyl adjacent to an activating group) is 1. The zero-order valence-electron chi connectivity index (χ0n) is 16.9. The largest absolute Gasteiger partial charge is 0.480 e. The Morgan fingerprint density at radius 3 is 2.57 bits per heavy atom. The molecule has 2 aliphatic rings. The normalized spacial score (nSPS) is 24.1. The highest BCUT2D eigenvalue weighted by atomic mass is 16.4. The summed E-state index contributed by atoms with van der Waals surface area (Å²) in [5.74, 6) is -0.412. The van der Waals surface area contributed by atoms with Gasteiger partial charge in [-0.3, -0.25) is 19.4 Å². The maximum absolute atomic E-state index is 13.1. The van der Waals surface area contributed by atoms with Crippen LogP contribution in [0.3, 0.4) is 0 Å². The monoisotopic (exact) mass is 387 g/mol. The first-order valence-electron chi connectivity index (χ1n) is 10.5. The molecule has 0 unspecified atom stereocenters. The van der Waals surface area contributed by atoms with Gasteiger partial charge in [0, 0.05) is 32.2 Å². The van der Waals surface area contributed by atoms with Crippen LogP contribution in [0.2, 0.25) is 0 Å². The minimum Gasteiger partial charge on any atom is -0.480 e. The lowest BCUT2D eigenvalue weighted by Gasteiger charge is -2.35. The summed E-state index contributed by atoms with van der Waals surface area (Å²) in [4.78, 5) is 30.5. The summed E-state index contributed by atoms with van der Waals surface area (Å²) < 4.78 is 0. The lowest BCUT2D eigenvalue weighted by molar-refractivity contribution is -0.139. The number of hydrogen-bond donors (Lipinski definition) is 1. The van der Waals surface area contributed by atoms with Gasteiger partial charge in [-0.2, -0.15) is 0 Å². The first kappa shape index (κ1) is 20.8. The van der Waals surface area contributed by atoms with Crippen molar-refractivity contribution in [3.8, 4) is 0 Å². The SMILES string of the molecule is CN(CC(=O)O)[C@H]1CCCN(C(=O)[C@H]2CCCN(Cc3ccccc3)C2)CC1. The molecule has 0 bridgehead atoms. The van der Waals surface area contributed by atoms with Crippen LogP contribution in [0.5, 0.6) is 0 Å². The fourth-order valence-electron chi connectivity index (χ4n) is 4.58. The summed E-state index contributed by atoms with van der Waals surface area (Å²) >= 11 is 0. The number of piperidine rings is 1. The van der Waals surface area contributed by atoms with E-state index in [4.69, 9.17) is 5.11 Å². The molecule has 6 heteroatoms. The van der Waals surface area contributed by atoms with Gasteiger partial charge >= 0.3 is 5.97 Å². The summed E-state index contributed by atoms with van der Waals surface area (Å²) in [5, 5.41) is 9.01. The van der Waals surface area contributed by atoms with Crippen LogP contribution in [0, 0.1) is 5.92 Å². The Kier molecular flexibility index (Phi) is 7.45. The predicted molar refractivity (Wildman–Crippen MR) is 109 cm³/mol. The van der Waals surface area contributed by atoms with Crippen LogP contribution in [0.4, 0.5) is 0 Å². The van der Waals surface area contributed by atoms with Crippen molar-refractivity contribution in [2.75, 3.05) is 39.8 Å². The van der Waals surface area contributed by atoms with Crippen molar-refractivity contribution in [3.05, 3.63) is 35.9 Å². The Morgan fingerprint density at radius 1 is 1.07 bits per heavy atom. The van der Waals surface area contributed by atoms with Crippen molar-refractivity contribution < 1.29 is 14.7 Å². The average molecular weight is 388 g/mol. The van der Waals surface area contributed by atoms with Gasteiger partial charge in [0.15, 0.2) is 0 Å². The molecule has 2 saturated heterocycles. The van der Waals surface area contributed by atoms with Crippen LogP contribution in [0.1, 0.15) is 37.7 Å². The molecule has 0 radical (unpaired) electrons. The Morgan fingerprint density at radius 2 is 1.82 bits per heavy atom. The van der Waals surface area contributed by atoms with Crippen molar-refractivity contribution in [1.82, 2.24) is 14.7 Å². The fourth-order valence-corrected chi connectivity index (χ4v) is 4.58. The van der Waals surface area contributed by atoms with E-state index in [1.54, 1.807) is 0 Å². The first-order valence-corrected chi connectivity index (χ1v) is 10.5. The van der Waals surface area contributed by atoms with Gasteiger partial charge in [0.1, 0.15) is 0 Å². The molecule has 2 heterocycles. The molecule has 3 rings (SSSR count). The number of benzene rings is 1. The lowest BCUT2D eigenvalue weighted by Crippen LogP contribution is -2.45. The summed E-state index contributed by atoms with van der Waals surface area (Å²) in [6.07, 6.45) is 4.80. The Hall–Kier alpha value is -1.92. The number of nitrogens with zero attached hydrogens (tertiary/aromatic N) is 3. The Bertz CT molecular complexity index is 652. The first-order chi connectivity index (χ1) is 13.5. The van der Waals surface area contributed by atoms with E-state index in [9.17, 15) is 9.59 Å². The molecule has 1 amide bonds. The van der Waals surface area contributed by atoms with E-state index < -0.39 is 5.97 Å². The van der Waals surface area contributed by atoms with Gasteiger partial charge in [-0.05, 0) is 51.3 Å². The second-order valence-electron chi connectivity index (χ2n) is 8.28. The molecule has 1 aromatic rings. The molecule has 0 aliphatic carbocycles. The number of aliphatic carboxylic acids is 1. The predicted octanol–water partition coefficient (Wildman–Crippen LogP) is 2.30. The van der Waals surface area contributed by atoms with Gasteiger partial charge < -0.3 is 10.0 Å². The zero-order chi connectivity index (χ0) is 19.9. The van der Waals surface area contributed by atoms with Crippen LogP contribution in [0.15, 0.2) is 30.3 Å². The van der Waals surface area contributed by atoms with E-state index in [1.165, 1.54) is 5.56 Å². The van der Waals surface area contributed by atoms with E-state index in [-0.39, 0.29) is 18.5 Å². The third kappa shape index (κ3) is 5.79. The van der Waals surface area contributed by atoms with Crippen molar-refractivity contribution in [3.63, 3.8) is 0 Å². The number of carbonyl (C=O) groups is 2. The standard InChI is InChI=1S/C22H33N3O3/c1-23(17-21(26)27)20-10-6-13-25(14-11-20)22(28)19-9-5-12-24(16-19)15-18-7-3-2-4-8-18/h2-4,7-8,19-20H,5-6,9-17H2,1H3,(H,26,27)/t19-,20-/m0/s1. The van der Waals surface area contributed by atoms with E-state index in [0.717, 1.165) is 64.8 Å². The molecule has 1 aromatic carbocycles. The van der Waals surface area contributed by atoms with Gasteiger partial charge in [-0.1, -0.05) is 30.3 Å². The maximum atomic E-state index is 13.1. The number of carbonyl (C=O) groups excluding carboxylic acids is 1. The number of likely N-dealkylation sites (tertiary alicyclic amines) is 2. The highest BCUT2D eigenvalue weighted by Gasteiger charge is 2.31.